The van der Waals surface area contributed by atoms with Crippen molar-refractivity contribution in [1.29, 1.82) is 0 Å². The summed E-state index contributed by atoms with van der Waals surface area (Å²) in [5.74, 6) is 1.54. The SMILES string of the molecule is CC(C)CCC(=O)N1CCC2(COCc3cnc(N(C)C)nc32)C1. The van der Waals surface area contributed by atoms with E-state index in [0.29, 0.717) is 32.1 Å². The number of fused-ring (bicyclic) bond motifs is 2. The number of anilines is 1. The molecule has 1 aromatic heterocycles. The Balaban J connectivity index is 1.81. The third kappa shape index (κ3) is 3.24. The molecule has 0 radical (unpaired) electrons. The summed E-state index contributed by atoms with van der Waals surface area (Å²) in [4.78, 5) is 25.6. The van der Waals surface area contributed by atoms with Gasteiger partial charge in [0, 0.05) is 45.4 Å². The van der Waals surface area contributed by atoms with Crippen LogP contribution in [-0.2, 0) is 21.6 Å². The molecule has 1 aromatic rings. The summed E-state index contributed by atoms with van der Waals surface area (Å²) in [7, 11) is 3.90. The first-order valence-electron chi connectivity index (χ1n) is 8.80. The molecule has 2 aliphatic heterocycles. The van der Waals surface area contributed by atoms with E-state index in [1.807, 2.05) is 30.1 Å². The summed E-state index contributed by atoms with van der Waals surface area (Å²) in [6.07, 6.45) is 4.37. The highest BCUT2D eigenvalue weighted by atomic mass is 16.5. The van der Waals surface area contributed by atoms with Crippen molar-refractivity contribution in [3.63, 3.8) is 0 Å². The Hall–Kier alpha value is -1.69. The van der Waals surface area contributed by atoms with Gasteiger partial charge in [0.15, 0.2) is 0 Å². The monoisotopic (exact) mass is 332 g/mol. The van der Waals surface area contributed by atoms with Crippen LogP contribution in [0.1, 0.15) is 44.4 Å². The van der Waals surface area contributed by atoms with Gasteiger partial charge in [-0.15, -0.1) is 0 Å². The second kappa shape index (κ2) is 6.67. The normalized spacial score (nSPS) is 23.0. The lowest BCUT2D eigenvalue weighted by molar-refractivity contribution is -0.130. The van der Waals surface area contributed by atoms with E-state index in [2.05, 4.69) is 18.8 Å². The number of amides is 1. The summed E-state index contributed by atoms with van der Waals surface area (Å²) < 4.78 is 5.83. The minimum absolute atomic E-state index is 0.172. The van der Waals surface area contributed by atoms with Crippen LogP contribution in [0, 0.1) is 5.92 Å². The van der Waals surface area contributed by atoms with Crippen LogP contribution >= 0.6 is 0 Å². The van der Waals surface area contributed by atoms with Crippen LogP contribution in [-0.4, -0.2) is 54.6 Å². The van der Waals surface area contributed by atoms with E-state index in [0.717, 1.165) is 36.6 Å². The van der Waals surface area contributed by atoms with Gasteiger partial charge in [-0.2, -0.15) is 0 Å². The summed E-state index contributed by atoms with van der Waals surface area (Å²) in [6, 6.07) is 0. The van der Waals surface area contributed by atoms with Crippen LogP contribution in [0.5, 0.6) is 0 Å². The molecule has 1 amide bonds. The molecule has 0 N–H and O–H groups in total. The molecular formula is C18H28N4O2. The number of hydrogen-bond donors (Lipinski definition) is 0. The largest absolute Gasteiger partial charge is 0.376 e. The lowest BCUT2D eigenvalue weighted by atomic mass is 9.80. The van der Waals surface area contributed by atoms with Gasteiger partial charge in [-0.1, -0.05) is 13.8 Å². The Morgan fingerprint density at radius 2 is 2.25 bits per heavy atom. The van der Waals surface area contributed by atoms with E-state index in [4.69, 9.17) is 9.72 Å². The van der Waals surface area contributed by atoms with E-state index in [-0.39, 0.29) is 11.3 Å². The fourth-order valence-electron chi connectivity index (χ4n) is 3.57. The highest BCUT2D eigenvalue weighted by molar-refractivity contribution is 5.76. The predicted octanol–water partition coefficient (Wildman–Crippen LogP) is 1.98. The number of carbonyl (C=O) groups excluding carboxylic acids is 1. The van der Waals surface area contributed by atoms with Gasteiger partial charge in [-0.3, -0.25) is 4.79 Å². The van der Waals surface area contributed by atoms with E-state index < -0.39 is 0 Å². The first kappa shape index (κ1) is 17.1. The molecule has 1 atom stereocenters. The fourth-order valence-corrected chi connectivity index (χ4v) is 3.57. The number of nitrogens with zero attached hydrogens (tertiary/aromatic N) is 4. The highest BCUT2D eigenvalue weighted by Crippen LogP contribution is 2.39. The molecule has 1 saturated heterocycles. The molecule has 6 heteroatoms. The molecule has 0 aliphatic carbocycles. The zero-order valence-electron chi connectivity index (χ0n) is 15.2. The van der Waals surface area contributed by atoms with E-state index in [1.54, 1.807) is 0 Å². The summed E-state index contributed by atoms with van der Waals surface area (Å²) in [6.45, 7) is 7.01. The van der Waals surface area contributed by atoms with Gasteiger partial charge in [0.25, 0.3) is 0 Å². The van der Waals surface area contributed by atoms with Crippen molar-refractivity contribution in [2.45, 2.75) is 45.1 Å². The second-order valence-corrected chi connectivity index (χ2v) is 7.71. The van der Waals surface area contributed by atoms with Gasteiger partial charge < -0.3 is 14.5 Å². The summed E-state index contributed by atoms with van der Waals surface area (Å²) >= 11 is 0. The number of hydrogen-bond acceptors (Lipinski definition) is 5. The molecule has 0 bridgehead atoms. The van der Waals surface area contributed by atoms with Crippen molar-refractivity contribution < 1.29 is 9.53 Å². The molecule has 1 unspecified atom stereocenters. The molecular weight excluding hydrogens is 304 g/mol. The molecule has 24 heavy (non-hydrogen) atoms. The molecule has 2 aliphatic rings. The molecule has 6 nitrogen and oxygen atoms in total. The molecule has 132 valence electrons. The maximum absolute atomic E-state index is 12.5. The first-order valence-corrected chi connectivity index (χ1v) is 8.80. The topological polar surface area (TPSA) is 58.6 Å². The predicted molar refractivity (Wildman–Crippen MR) is 93.0 cm³/mol. The molecule has 1 fully saturated rings. The van der Waals surface area contributed by atoms with Crippen LogP contribution in [0.25, 0.3) is 0 Å². The molecule has 1 spiro atoms. The molecule has 3 rings (SSSR count). The van der Waals surface area contributed by atoms with Crippen molar-refractivity contribution in [2.75, 3.05) is 38.7 Å². The van der Waals surface area contributed by atoms with Crippen molar-refractivity contribution in [2.24, 2.45) is 5.92 Å². The number of rotatable bonds is 4. The summed E-state index contributed by atoms with van der Waals surface area (Å²) in [5.41, 5.74) is 1.96. The Bertz CT molecular complexity index is 617. The minimum Gasteiger partial charge on any atom is -0.376 e. The van der Waals surface area contributed by atoms with Gasteiger partial charge in [0.2, 0.25) is 11.9 Å². The smallest absolute Gasteiger partial charge is 0.225 e. The van der Waals surface area contributed by atoms with Crippen molar-refractivity contribution >= 4 is 11.9 Å². The third-order valence-corrected chi connectivity index (χ3v) is 5.03. The van der Waals surface area contributed by atoms with Crippen molar-refractivity contribution in [3.05, 3.63) is 17.5 Å². The summed E-state index contributed by atoms with van der Waals surface area (Å²) in [5, 5.41) is 0. The van der Waals surface area contributed by atoms with E-state index >= 15 is 0 Å². The van der Waals surface area contributed by atoms with Crippen LogP contribution in [0.4, 0.5) is 5.95 Å². The Morgan fingerprint density at radius 1 is 1.46 bits per heavy atom. The minimum atomic E-state index is -0.172. The lowest BCUT2D eigenvalue weighted by Gasteiger charge is -2.34. The second-order valence-electron chi connectivity index (χ2n) is 7.71. The molecule has 3 heterocycles. The number of likely N-dealkylation sites (tertiary alicyclic amines) is 1. The molecule has 0 aromatic carbocycles. The van der Waals surface area contributed by atoms with Crippen LogP contribution in [0.15, 0.2) is 6.20 Å². The van der Waals surface area contributed by atoms with Gasteiger partial charge in [0.05, 0.1) is 24.3 Å². The lowest BCUT2D eigenvalue weighted by Crippen LogP contribution is -2.42. The number of ether oxygens (including phenoxy) is 1. The van der Waals surface area contributed by atoms with Crippen LogP contribution < -0.4 is 4.90 Å². The first-order chi connectivity index (χ1) is 11.4. The zero-order valence-corrected chi connectivity index (χ0v) is 15.2. The Labute approximate surface area is 144 Å². The quantitative estimate of drug-likeness (QED) is 0.844. The molecule has 0 saturated carbocycles. The highest BCUT2D eigenvalue weighted by Gasteiger charge is 2.46. The Morgan fingerprint density at radius 3 is 2.96 bits per heavy atom. The number of aromatic nitrogens is 2. The van der Waals surface area contributed by atoms with Gasteiger partial charge in [0.1, 0.15) is 0 Å². The van der Waals surface area contributed by atoms with Crippen LogP contribution in [0.3, 0.4) is 0 Å². The van der Waals surface area contributed by atoms with E-state index in [9.17, 15) is 4.79 Å². The number of carbonyl (C=O) groups is 1. The van der Waals surface area contributed by atoms with Gasteiger partial charge in [-0.25, -0.2) is 9.97 Å². The van der Waals surface area contributed by atoms with E-state index in [1.165, 1.54) is 0 Å². The average Bonchev–Trinajstić information content (AvgIpc) is 2.97. The third-order valence-electron chi connectivity index (χ3n) is 5.03. The Kier molecular flexibility index (Phi) is 4.76. The average molecular weight is 332 g/mol. The van der Waals surface area contributed by atoms with Crippen molar-refractivity contribution in [1.82, 2.24) is 14.9 Å². The zero-order chi connectivity index (χ0) is 17.3. The van der Waals surface area contributed by atoms with Crippen molar-refractivity contribution in [3.8, 4) is 0 Å². The fraction of sp³-hybridized carbons (Fsp3) is 0.722. The van der Waals surface area contributed by atoms with Gasteiger partial charge >= 0.3 is 0 Å². The van der Waals surface area contributed by atoms with Gasteiger partial charge in [-0.05, 0) is 18.8 Å². The maximum atomic E-state index is 12.5. The van der Waals surface area contributed by atoms with Crippen LogP contribution in [0.2, 0.25) is 0 Å². The maximum Gasteiger partial charge on any atom is 0.225 e. The standard InChI is InChI=1S/C18H28N4O2/c1-13(2)5-6-15(23)22-8-7-18(11-22)12-24-10-14-9-19-17(21(3)4)20-16(14)18/h9,13H,5-8,10-12H2,1-4H3.